The van der Waals surface area contributed by atoms with Crippen LogP contribution < -0.4 is 5.43 Å². The summed E-state index contributed by atoms with van der Waals surface area (Å²) in [5.41, 5.74) is 1.67. The lowest BCUT2D eigenvalue weighted by atomic mass is 10.5. The van der Waals surface area contributed by atoms with E-state index in [1.165, 1.54) is 6.20 Å². The lowest BCUT2D eigenvalue weighted by Gasteiger charge is -2.31. The summed E-state index contributed by atoms with van der Waals surface area (Å²) in [6, 6.07) is 0. The first-order chi connectivity index (χ1) is 6.80. The lowest BCUT2D eigenvalue weighted by Crippen LogP contribution is -2.50. The molecule has 0 saturated carbocycles. The van der Waals surface area contributed by atoms with Gasteiger partial charge in [0.15, 0.2) is 0 Å². The van der Waals surface area contributed by atoms with Crippen LogP contribution in [0.4, 0.5) is 13.2 Å². The van der Waals surface area contributed by atoms with Crippen molar-refractivity contribution in [3.05, 3.63) is 11.4 Å². The monoisotopic (exact) mass is 243 g/mol. The van der Waals surface area contributed by atoms with Gasteiger partial charge in [0.1, 0.15) is 5.16 Å². The molecule has 0 atom stereocenters. The van der Waals surface area contributed by atoms with Crippen LogP contribution in [0.15, 0.2) is 11.4 Å². The zero-order valence-electron chi connectivity index (χ0n) is 7.81. The van der Waals surface area contributed by atoms with Crippen molar-refractivity contribution in [1.29, 1.82) is 0 Å². The molecule has 1 aliphatic rings. The number of amides is 1. The number of carbonyl (C=O) groups excluding carboxylic acids is 1. The highest BCUT2D eigenvalue weighted by Crippen LogP contribution is 2.17. The number of rotatable bonds is 1. The predicted molar refractivity (Wildman–Crippen MR) is 47.5 cm³/mol. The molecule has 1 amide bonds. The maximum atomic E-state index is 11.9. The third-order valence-electron chi connectivity index (χ3n) is 1.76. The zero-order chi connectivity index (χ0) is 11.6. The summed E-state index contributed by atoms with van der Waals surface area (Å²) >= 11 is 5.63. The van der Waals surface area contributed by atoms with Crippen molar-refractivity contribution < 1.29 is 18.0 Å². The molecule has 0 aliphatic carbocycles. The maximum absolute atomic E-state index is 11.9. The van der Waals surface area contributed by atoms with Gasteiger partial charge in [-0.2, -0.15) is 13.2 Å². The quantitative estimate of drug-likeness (QED) is 0.694. The maximum Gasteiger partial charge on any atom is 0.472 e. The van der Waals surface area contributed by atoms with Gasteiger partial charge in [-0.15, -0.1) is 0 Å². The number of hydrogen-bond donors (Lipinski definition) is 1. The van der Waals surface area contributed by atoms with Crippen LogP contribution in [-0.4, -0.2) is 42.1 Å². The summed E-state index contributed by atoms with van der Waals surface area (Å²) in [5, 5.41) is 0.999. The van der Waals surface area contributed by atoms with Crippen LogP contribution in [-0.2, 0) is 4.79 Å². The Kier molecular flexibility index (Phi) is 3.33. The first-order valence-corrected chi connectivity index (χ1v) is 4.41. The van der Waals surface area contributed by atoms with Gasteiger partial charge in [0.2, 0.25) is 0 Å². The molecule has 1 aliphatic heterocycles. The Labute approximate surface area is 89.2 Å². The van der Waals surface area contributed by atoms with Crippen LogP contribution in [0.2, 0.25) is 0 Å². The summed E-state index contributed by atoms with van der Waals surface area (Å²) in [6.07, 6.45) is -3.47. The summed E-state index contributed by atoms with van der Waals surface area (Å²) in [6.45, 7) is 0.683. The summed E-state index contributed by atoms with van der Waals surface area (Å²) in [4.78, 5) is 12.3. The van der Waals surface area contributed by atoms with Crippen LogP contribution in [0.5, 0.6) is 0 Å². The van der Waals surface area contributed by atoms with E-state index < -0.39 is 12.1 Å². The fourth-order valence-electron chi connectivity index (χ4n) is 0.976. The standard InChI is InChI=1S/C7H9ClF3N3O/c1-13-2-3-14(5(8)4-13)12-6(15)7(9,10)11/h4H,2-3H2,1H3,(H,12,15). The second-order valence-electron chi connectivity index (χ2n) is 3.02. The minimum Gasteiger partial charge on any atom is -0.376 e. The van der Waals surface area contributed by atoms with Gasteiger partial charge in [-0.3, -0.25) is 15.2 Å². The van der Waals surface area contributed by atoms with E-state index in [4.69, 9.17) is 11.6 Å². The van der Waals surface area contributed by atoms with E-state index in [2.05, 4.69) is 0 Å². The normalized spacial score (nSPS) is 17.5. The number of alkyl halides is 3. The van der Waals surface area contributed by atoms with Crippen LogP contribution in [0, 0.1) is 0 Å². The van der Waals surface area contributed by atoms with Crippen LogP contribution in [0.25, 0.3) is 0 Å². The van der Waals surface area contributed by atoms with Crippen LogP contribution in [0.3, 0.4) is 0 Å². The molecule has 1 heterocycles. The Hall–Kier alpha value is -1.11. The Balaban J connectivity index is 2.61. The van der Waals surface area contributed by atoms with Gasteiger partial charge in [0, 0.05) is 19.8 Å². The van der Waals surface area contributed by atoms with Crippen molar-refractivity contribution in [3.8, 4) is 0 Å². The minimum atomic E-state index is -4.90. The molecular weight excluding hydrogens is 235 g/mol. The molecule has 1 N–H and O–H groups in total. The molecule has 0 saturated heterocycles. The molecule has 1 rings (SSSR count). The lowest BCUT2D eigenvalue weighted by molar-refractivity contribution is -0.178. The highest BCUT2D eigenvalue weighted by atomic mass is 35.5. The van der Waals surface area contributed by atoms with Gasteiger partial charge in [-0.05, 0) is 0 Å². The molecule has 4 nitrogen and oxygen atoms in total. The Morgan fingerprint density at radius 1 is 1.53 bits per heavy atom. The van der Waals surface area contributed by atoms with Crippen molar-refractivity contribution in [3.63, 3.8) is 0 Å². The van der Waals surface area contributed by atoms with Gasteiger partial charge in [0.05, 0.1) is 6.54 Å². The summed E-state index contributed by atoms with van der Waals surface area (Å²) < 4.78 is 35.7. The molecule has 86 valence electrons. The van der Waals surface area contributed by atoms with E-state index in [1.807, 2.05) is 0 Å². The van der Waals surface area contributed by atoms with Gasteiger partial charge in [0.25, 0.3) is 0 Å². The SMILES string of the molecule is CN1C=C(Cl)N(NC(=O)C(F)(F)F)CC1. The zero-order valence-corrected chi connectivity index (χ0v) is 8.56. The Morgan fingerprint density at radius 3 is 2.60 bits per heavy atom. The van der Waals surface area contributed by atoms with Gasteiger partial charge in [-0.1, -0.05) is 11.6 Å². The summed E-state index contributed by atoms with van der Waals surface area (Å²) in [5.74, 6) is -2.03. The third-order valence-corrected chi connectivity index (χ3v) is 2.06. The van der Waals surface area contributed by atoms with Crippen molar-refractivity contribution in [2.24, 2.45) is 0 Å². The van der Waals surface area contributed by atoms with Gasteiger partial charge >= 0.3 is 12.1 Å². The van der Waals surface area contributed by atoms with E-state index in [9.17, 15) is 18.0 Å². The Morgan fingerprint density at radius 2 is 2.13 bits per heavy atom. The first-order valence-electron chi connectivity index (χ1n) is 4.03. The highest BCUT2D eigenvalue weighted by Gasteiger charge is 2.40. The number of carbonyl (C=O) groups is 1. The smallest absolute Gasteiger partial charge is 0.376 e. The number of nitrogens with one attached hydrogen (secondary N) is 1. The van der Waals surface area contributed by atoms with Crippen molar-refractivity contribution >= 4 is 17.5 Å². The van der Waals surface area contributed by atoms with Crippen molar-refractivity contribution in [2.75, 3.05) is 20.1 Å². The third kappa shape index (κ3) is 3.19. The Bertz CT molecular complexity index is 292. The number of likely N-dealkylation sites (N-methyl/N-ethyl adjacent to an activating group) is 1. The molecule has 0 unspecified atom stereocenters. The average molecular weight is 244 g/mol. The molecule has 0 aromatic rings. The van der Waals surface area contributed by atoms with E-state index in [0.717, 1.165) is 5.01 Å². The molecule has 0 fully saturated rings. The molecule has 8 heteroatoms. The van der Waals surface area contributed by atoms with Crippen LogP contribution >= 0.6 is 11.6 Å². The molecule has 0 aromatic heterocycles. The van der Waals surface area contributed by atoms with E-state index in [1.54, 1.807) is 17.4 Å². The minimum absolute atomic E-state index is 0.0429. The summed E-state index contributed by atoms with van der Waals surface area (Å²) in [7, 11) is 1.73. The number of nitrogens with zero attached hydrogens (tertiary/aromatic N) is 2. The molecule has 0 spiro atoms. The second-order valence-corrected chi connectivity index (χ2v) is 3.41. The average Bonchev–Trinajstić information content (AvgIpc) is 2.08. The molecular formula is C7H9ClF3N3O. The molecule has 0 radical (unpaired) electrons. The predicted octanol–water partition coefficient (Wildman–Crippen LogP) is 0.865. The van der Waals surface area contributed by atoms with E-state index in [-0.39, 0.29) is 11.7 Å². The van der Waals surface area contributed by atoms with Crippen LogP contribution in [0.1, 0.15) is 0 Å². The topological polar surface area (TPSA) is 35.6 Å². The number of hydrazine groups is 1. The number of halogens is 4. The fourth-order valence-corrected chi connectivity index (χ4v) is 1.27. The molecule has 15 heavy (non-hydrogen) atoms. The largest absolute Gasteiger partial charge is 0.472 e. The number of hydrogen-bond acceptors (Lipinski definition) is 3. The van der Waals surface area contributed by atoms with Crippen molar-refractivity contribution in [2.45, 2.75) is 6.18 Å². The molecule has 0 bridgehead atoms. The highest BCUT2D eigenvalue weighted by molar-refractivity contribution is 6.29. The molecule has 0 aromatic carbocycles. The van der Waals surface area contributed by atoms with E-state index >= 15 is 0 Å². The van der Waals surface area contributed by atoms with Gasteiger partial charge < -0.3 is 4.90 Å². The van der Waals surface area contributed by atoms with Gasteiger partial charge in [-0.25, -0.2) is 0 Å². The first kappa shape index (κ1) is 12.0. The van der Waals surface area contributed by atoms with E-state index in [0.29, 0.717) is 6.54 Å². The fraction of sp³-hybridized carbons (Fsp3) is 0.571. The van der Waals surface area contributed by atoms with Crippen molar-refractivity contribution in [1.82, 2.24) is 15.3 Å². The second kappa shape index (κ2) is 4.18.